The maximum Gasteiger partial charge on any atom is 0.126 e. The molecule has 2 nitrogen and oxygen atoms in total. The van der Waals surface area contributed by atoms with Crippen LogP contribution in [0.15, 0.2) is 18.2 Å². The van der Waals surface area contributed by atoms with Crippen molar-refractivity contribution >= 4 is 11.6 Å². The van der Waals surface area contributed by atoms with Crippen LogP contribution in [0.4, 0.5) is 4.39 Å². The van der Waals surface area contributed by atoms with Crippen molar-refractivity contribution in [1.82, 2.24) is 0 Å². The average Bonchev–Trinajstić information content (AvgIpc) is 2.35. The SMILES string of the molecule is OC(Cc1cc(Cl)ccc1F)C1CCCOC1. The van der Waals surface area contributed by atoms with Crippen molar-refractivity contribution in [3.05, 3.63) is 34.6 Å². The molecular weight excluding hydrogens is 243 g/mol. The summed E-state index contributed by atoms with van der Waals surface area (Å²) in [6.45, 7) is 1.32. The molecule has 0 radical (unpaired) electrons. The van der Waals surface area contributed by atoms with Gasteiger partial charge < -0.3 is 9.84 Å². The summed E-state index contributed by atoms with van der Waals surface area (Å²) in [5.74, 6) is -0.215. The number of benzene rings is 1. The van der Waals surface area contributed by atoms with Crippen LogP contribution in [0.3, 0.4) is 0 Å². The molecule has 1 heterocycles. The van der Waals surface area contributed by atoms with Gasteiger partial charge in [-0.25, -0.2) is 4.39 Å². The Morgan fingerprint density at radius 1 is 1.53 bits per heavy atom. The Morgan fingerprint density at radius 3 is 3.06 bits per heavy atom. The molecule has 1 fully saturated rings. The Labute approximate surface area is 105 Å². The second-order valence-electron chi connectivity index (χ2n) is 4.48. The van der Waals surface area contributed by atoms with E-state index in [0.29, 0.717) is 23.6 Å². The molecule has 0 saturated carbocycles. The van der Waals surface area contributed by atoms with Gasteiger partial charge in [0.1, 0.15) is 5.82 Å². The van der Waals surface area contributed by atoms with Crippen molar-refractivity contribution in [2.24, 2.45) is 5.92 Å². The first-order valence-corrected chi connectivity index (χ1v) is 6.24. The number of rotatable bonds is 3. The number of halogens is 2. The van der Waals surface area contributed by atoms with Gasteiger partial charge in [0.15, 0.2) is 0 Å². The molecule has 0 aliphatic carbocycles. The Bertz CT molecular complexity index is 378. The van der Waals surface area contributed by atoms with Crippen LogP contribution >= 0.6 is 11.6 Å². The summed E-state index contributed by atoms with van der Waals surface area (Å²) in [7, 11) is 0. The molecule has 4 heteroatoms. The zero-order valence-corrected chi connectivity index (χ0v) is 10.3. The zero-order valence-electron chi connectivity index (χ0n) is 9.53. The molecule has 1 aromatic carbocycles. The highest BCUT2D eigenvalue weighted by Gasteiger charge is 2.23. The summed E-state index contributed by atoms with van der Waals surface area (Å²) < 4.78 is 18.8. The fourth-order valence-corrected chi connectivity index (χ4v) is 2.36. The zero-order chi connectivity index (χ0) is 12.3. The molecule has 94 valence electrons. The molecule has 2 rings (SSSR count). The molecule has 2 atom stereocenters. The largest absolute Gasteiger partial charge is 0.392 e. The van der Waals surface area contributed by atoms with Crippen molar-refractivity contribution < 1.29 is 14.2 Å². The second kappa shape index (κ2) is 5.80. The lowest BCUT2D eigenvalue weighted by atomic mass is 9.91. The van der Waals surface area contributed by atoms with Gasteiger partial charge in [0.05, 0.1) is 12.7 Å². The summed E-state index contributed by atoms with van der Waals surface area (Å²) in [6.07, 6.45) is 1.62. The van der Waals surface area contributed by atoms with Crippen LogP contribution in [0.5, 0.6) is 0 Å². The van der Waals surface area contributed by atoms with E-state index in [0.717, 1.165) is 19.4 Å². The lowest BCUT2D eigenvalue weighted by molar-refractivity contribution is -0.00873. The van der Waals surface area contributed by atoms with E-state index in [1.165, 1.54) is 12.1 Å². The Kier molecular flexibility index (Phi) is 4.37. The van der Waals surface area contributed by atoms with Crippen molar-refractivity contribution in [2.75, 3.05) is 13.2 Å². The Morgan fingerprint density at radius 2 is 2.35 bits per heavy atom. The van der Waals surface area contributed by atoms with E-state index in [1.807, 2.05) is 0 Å². The predicted molar refractivity (Wildman–Crippen MR) is 64.7 cm³/mol. The molecule has 0 aromatic heterocycles. The minimum Gasteiger partial charge on any atom is -0.392 e. The monoisotopic (exact) mass is 258 g/mol. The van der Waals surface area contributed by atoms with Gasteiger partial charge in [-0.2, -0.15) is 0 Å². The van der Waals surface area contributed by atoms with E-state index < -0.39 is 6.10 Å². The van der Waals surface area contributed by atoms with Crippen LogP contribution < -0.4 is 0 Å². The molecule has 1 aliphatic rings. The van der Waals surface area contributed by atoms with Crippen LogP contribution in [0.25, 0.3) is 0 Å². The third-order valence-electron chi connectivity index (χ3n) is 3.18. The second-order valence-corrected chi connectivity index (χ2v) is 4.92. The van der Waals surface area contributed by atoms with Gasteiger partial charge in [-0.1, -0.05) is 11.6 Å². The summed E-state index contributed by atoms with van der Waals surface area (Å²) in [5, 5.41) is 10.5. The van der Waals surface area contributed by atoms with Crippen LogP contribution in [0.2, 0.25) is 5.02 Å². The highest BCUT2D eigenvalue weighted by Crippen LogP contribution is 2.22. The van der Waals surface area contributed by atoms with Crippen LogP contribution in [0.1, 0.15) is 18.4 Å². The van der Waals surface area contributed by atoms with Crippen molar-refractivity contribution in [1.29, 1.82) is 0 Å². The fourth-order valence-electron chi connectivity index (χ4n) is 2.16. The molecule has 1 N–H and O–H groups in total. The summed E-state index contributed by atoms with van der Waals surface area (Å²) in [6, 6.07) is 4.42. The van der Waals surface area contributed by atoms with E-state index in [1.54, 1.807) is 6.07 Å². The third kappa shape index (κ3) is 3.41. The first kappa shape index (κ1) is 12.8. The topological polar surface area (TPSA) is 29.5 Å². The highest BCUT2D eigenvalue weighted by atomic mass is 35.5. The van der Waals surface area contributed by atoms with Crippen LogP contribution in [-0.4, -0.2) is 24.4 Å². The molecule has 2 unspecified atom stereocenters. The quantitative estimate of drug-likeness (QED) is 0.903. The maximum atomic E-state index is 13.5. The predicted octanol–water partition coefficient (Wildman–Crippen LogP) is 2.81. The number of ether oxygens (including phenoxy) is 1. The van der Waals surface area contributed by atoms with Crippen molar-refractivity contribution in [3.63, 3.8) is 0 Å². The van der Waals surface area contributed by atoms with Gasteiger partial charge in [-0.05, 0) is 36.6 Å². The van der Waals surface area contributed by atoms with E-state index in [4.69, 9.17) is 16.3 Å². The molecule has 0 bridgehead atoms. The lowest BCUT2D eigenvalue weighted by Gasteiger charge is -2.26. The minimum atomic E-state index is -0.566. The molecule has 1 aliphatic heterocycles. The summed E-state index contributed by atoms with van der Waals surface area (Å²) in [4.78, 5) is 0. The summed E-state index contributed by atoms with van der Waals surface area (Å²) >= 11 is 5.81. The van der Waals surface area contributed by atoms with Crippen LogP contribution in [-0.2, 0) is 11.2 Å². The number of hydrogen-bond acceptors (Lipinski definition) is 2. The van der Waals surface area contributed by atoms with Crippen molar-refractivity contribution in [2.45, 2.75) is 25.4 Å². The molecule has 17 heavy (non-hydrogen) atoms. The maximum absolute atomic E-state index is 13.5. The third-order valence-corrected chi connectivity index (χ3v) is 3.41. The smallest absolute Gasteiger partial charge is 0.126 e. The van der Waals surface area contributed by atoms with E-state index in [2.05, 4.69) is 0 Å². The van der Waals surface area contributed by atoms with Crippen LogP contribution in [0, 0.1) is 11.7 Å². The van der Waals surface area contributed by atoms with E-state index in [-0.39, 0.29) is 11.7 Å². The Balaban J connectivity index is 2.01. The van der Waals surface area contributed by atoms with Gasteiger partial charge >= 0.3 is 0 Å². The van der Waals surface area contributed by atoms with Gasteiger partial charge in [-0.15, -0.1) is 0 Å². The highest BCUT2D eigenvalue weighted by molar-refractivity contribution is 6.30. The number of aliphatic hydroxyl groups excluding tert-OH is 1. The van der Waals surface area contributed by atoms with E-state index >= 15 is 0 Å². The first-order chi connectivity index (χ1) is 8.16. The summed E-state index contributed by atoms with van der Waals surface area (Å²) in [5.41, 5.74) is 0.468. The molecule has 0 spiro atoms. The van der Waals surface area contributed by atoms with E-state index in [9.17, 15) is 9.50 Å². The Hall–Kier alpha value is -0.640. The standard InChI is InChI=1S/C13H16ClFO2/c14-11-3-4-12(15)10(6-11)7-13(16)9-2-1-5-17-8-9/h3-4,6,9,13,16H,1-2,5,7-8H2. The lowest BCUT2D eigenvalue weighted by Crippen LogP contribution is -2.30. The number of hydrogen-bond donors (Lipinski definition) is 1. The molecule has 1 aromatic rings. The minimum absolute atomic E-state index is 0.0992. The first-order valence-electron chi connectivity index (χ1n) is 5.86. The van der Waals surface area contributed by atoms with Gasteiger partial charge in [0, 0.05) is 24.0 Å². The van der Waals surface area contributed by atoms with Gasteiger partial charge in [-0.3, -0.25) is 0 Å². The number of aliphatic hydroxyl groups is 1. The molecule has 0 amide bonds. The molecule has 1 saturated heterocycles. The fraction of sp³-hybridized carbons (Fsp3) is 0.538. The van der Waals surface area contributed by atoms with Gasteiger partial charge in [0.2, 0.25) is 0 Å². The molecular formula is C13H16ClFO2. The van der Waals surface area contributed by atoms with Gasteiger partial charge in [0.25, 0.3) is 0 Å². The average molecular weight is 259 g/mol. The normalized spacial score (nSPS) is 22.4. The van der Waals surface area contributed by atoms with Crippen molar-refractivity contribution in [3.8, 4) is 0 Å².